The van der Waals surface area contributed by atoms with Crippen LogP contribution in [-0.2, 0) is 4.74 Å². The van der Waals surface area contributed by atoms with E-state index in [-0.39, 0.29) is 6.04 Å². The molecule has 0 amide bonds. The molecule has 0 aromatic carbocycles. The topological polar surface area (TPSA) is 84.3 Å². The number of aliphatic hydroxyl groups is 1. The maximum Gasteiger partial charge on any atom is 0.343 e. The summed E-state index contributed by atoms with van der Waals surface area (Å²) in [4.78, 5) is 20.3. The maximum atomic E-state index is 11.9. The van der Waals surface area contributed by atoms with Gasteiger partial charge < -0.3 is 15.2 Å². The van der Waals surface area contributed by atoms with Gasteiger partial charge in [-0.15, -0.1) is 0 Å². The van der Waals surface area contributed by atoms with Gasteiger partial charge in [0.2, 0.25) is 0 Å². The van der Waals surface area contributed by atoms with E-state index in [9.17, 15) is 9.90 Å². The molecule has 0 spiro atoms. The minimum Gasteiger partial charge on any atom is -0.462 e. The Kier molecular flexibility index (Phi) is 5.19. The third-order valence-corrected chi connectivity index (χ3v) is 3.81. The number of anilines is 1. The predicted molar refractivity (Wildman–Crippen MR) is 77.0 cm³/mol. The number of esters is 1. The number of ether oxygens (including phenoxy) is 1. The summed E-state index contributed by atoms with van der Waals surface area (Å²) in [5.74, 6) is -0.0103. The molecule has 1 aromatic heterocycles. The average Bonchev–Trinajstić information content (AvgIpc) is 2.84. The van der Waals surface area contributed by atoms with Crippen LogP contribution in [0.1, 0.15) is 36.5 Å². The van der Waals surface area contributed by atoms with E-state index in [4.69, 9.17) is 4.74 Å². The van der Waals surface area contributed by atoms with E-state index in [1.165, 1.54) is 18.0 Å². The Balaban J connectivity index is 2.24. The summed E-state index contributed by atoms with van der Waals surface area (Å²) in [6, 6.07) is -0.0761. The number of thioether (sulfide) groups is 1. The minimum absolute atomic E-state index is 0.0761. The first-order chi connectivity index (χ1) is 9.65. The third-order valence-electron chi connectivity index (χ3n) is 3.25. The van der Waals surface area contributed by atoms with Crippen LogP contribution in [0.3, 0.4) is 0 Å². The Bertz CT molecular complexity index is 484. The Morgan fingerprint density at radius 2 is 2.40 bits per heavy atom. The van der Waals surface area contributed by atoms with Crippen molar-refractivity contribution < 1.29 is 14.6 Å². The molecule has 0 radical (unpaired) electrons. The van der Waals surface area contributed by atoms with Gasteiger partial charge >= 0.3 is 5.97 Å². The lowest BCUT2D eigenvalue weighted by Crippen LogP contribution is -2.29. The highest BCUT2D eigenvalue weighted by Crippen LogP contribution is 2.25. The largest absolute Gasteiger partial charge is 0.462 e. The van der Waals surface area contributed by atoms with Gasteiger partial charge in [-0.3, -0.25) is 0 Å². The summed E-state index contributed by atoms with van der Waals surface area (Å²) in [5.41, 5.74) is 0.309. The highest BCUT2D eigenvalue weighted by molar-refractivity contribution is 7.98. The Hall–Kier alpha value is -1.34. The van der Waals surface area contributed by atoms with Crippen molar-refractivity contribution in [3.8, 4) is 0 Å². The molecule has 1 fully saturated rings. The van der Waals surface area contributed by atoms with Crippen molar-refractivity contribution in [2.24, 2.45) is 0 Å². The van der Waals surface area contributed by atoms with Crippen LogP contribution < -0.4 is 5.32 Å². The summed E-state index contributed by atoms with van der Waals surface area (Å²) >= 11 is 1.40. The summed E-state index contributed by atoms with van der Waals surface area (Å²) in [5, 5.41) is 13.6. The average molecular weight is 297 g/mol. The summed E-state index contributed by atoms with van der Waals surface area (Å²) < 4.78 is 5.01. The number of hydrogen-bond donors (Lipinski definition) is 2. The van der Waals surface area contributed by atoms with Crippen molar-refractivity contribution in [1.82, 2.24) is 9.97 Å². The number of carbonyl (C=O) groups excluding carboxylic acids is 1. The molecule has 20 heavy (non-hydrogen) atoms. The maximum absolute atomic E-state index is 11.9. The Morgan fingerprint density at radius 3 is 3.00 bits per heavy atom. The monoisotopic (exact) mass is 297 g/mol. The first-order valence-electron chi connectivity index (χ1n) is 6.68. The van der Waals surface area contributed by atoms with Gasteiger partial charge in [0.1, 0.15) is 11.4 Å². The number of hydrogen-bond acceptors (Lipinski definition) is 7. The number of rotatable bonds is 5. The lowest BCUT2D eigenvalue weighted by molar-refractivity contribution is 0.0526. The van der Waals surface area contributed by atoms with Gasteiger partial charge in [0.15, 0.2) is 5.16 Å². The standard InChI is InChI=1S/C13H19N3O3S/c1-3-19-12(18)8-7-14-13(20-2)16-11(8)15-9-5-4-6-10(9)17/h7,9-10,17H,3-6H2,1-2H3,(H,14,15,16)/t9-,10-/m0/s1. The molecule has 0 unspecified atom stereocenters. The number of aromatic nitrogens is 2. The molecule has 2 atom stereocenters. The molecule has 0 saturated heterocycles. The molecule has 0 aliphatic heterocycles. The Labute approximate surface area is 122 Å². The number of nitrogens with one attached hydrogen (secondary N) is 1. The third kappa shape index (κ3) is 3.40. The molecular weight excluding hydrogens is 278 g/mol. The zero-order chi connectivity index (χ0) is 14.5. The number of nitrogens with zero attached hydrogens (tertiary/aromatic N) is 2. The molecule has 1 aliphatic carbocycles. The second-order valence-electron chi connectivity index (χ2n) is 4.59. The van der Waals surface area contributed by atoms with Crippen LogP contribution in [0.4, 0.5) is 5.82 Å². The molecule has 0 bridgehead atoms. The van der Waals surface area contributed by atoms with E-state index in [0.717, 1.165) is 19.3 Å². The molecule has 2 rings (SSSR count). The van der Waals surface area contributed by atoms with E-state index in [0.29, 0.717) is 23.1 Å². The van der Waals surface area contributed by atoms with Gasteiger partial charge in [-0.2, -0.15) is 0 Å². The van der Waals surface area contributed by atoms with Crippen LogP contribution >= 0.6 is 11.8 Å². The fourth-order valence-electron chi connectivity index (χ4n) is 2.22. The molecule has 1 aliphatic rings. The van der Waals surface area contributed by atoms with Gasteiger partial charge in [0, 0.05) is 6.20 Å². The number of aliphatic hydroxyl groups excluding tert-OH is 1. The van der Waals surface area contributed by atoms with Gasteiger partial charge in [-0.05, 0) is 32.4 Å². The molecular formula is C13H19N3O3S. The molecule has 1 saturated carbocycles. The van der Waals surface area contributed by atoms with E-state index < -0.39 is 12.1 Å². The van der Waals surface area contributed by atoms with Gasteiger partial charge in [-0.25, -0.2) is 14.8 Å². The van der Waals surface area contributed by atoms with Crippen molar-refractivity contribution in [2.75, 3.05) is 18.2 Å². The van der Waals surface area contributed by atoms with E-state index in [2.05, 4.69) is 15.3 Å². The number of carbonyl (C=O) groups is 1. The summed E-state index contributed by atoms with van der Waals surface area (Å²) in [6.45, 7) is 2.05. The van der Waals surface area contributed by atoms with E-state index in [1.54, 1.807) is 6.92 Å². The van der Waals surface area contributed by atoms with Crippen LogP contribution in [0.15, 0.2) is 11.4 Å². The van der Waals surface area contributed by atoms with Crippen molar-refractivity contribution >= 4 is 23.5 Å². The minimum atomic E-state index is -0.449. The van der Waals surface area contributed by atoms with Crippen LogP contribution in [0.2, 0.25) is 0 Å². The Morgan fingerprint density at radius 1 is 1.60 bits per heavy atom. The SMILES string of the molecule is CCOC(=O)c1cnc(SC)nc1N[C@H]1CCC[C@@H]1O. The molecule has 1 heterocycles. The predicted octanol–water partition coefficient (Wildman–Crippen LogP) is 1.70. The quantitative estimate of drug-likeness (QED) is 0.486. The highest BCUT2D eigenvalue weighted by Gasteiger charge is 2.27. The lowest BCUT2D eigenvalue weighted by Gasteiger charge is -2.19. The molecule has 110 valence electrons. The lowest BCUT2D eigenvalue weighted by atomic mass is 10.2. The zero-order valence-corrected chi connectivity index (χ0v) is 12.4. The van der Waals surface area contributed by atoms with Gasteiger partial charge in [0.05, 0.1) is 18.8 Å². The van der Waals surface area contributed by atoms with E-state index in [1.807, 2.05) is 6.26 Å². The molecule has 7 heteroatoms. The van der Waals surface area contributed by atoms with Crippen molar-refractivity contribution in [2.45, 2.75) is 43.5 Å². The van der Waals surface area contributed by atoms with Gasteiger partial charge in [-0.1, -0.05) is 11.8 Å². The van der Waals surface area contributed by atoms with Crippen LogP contribution in [-0.4, -0.2) is 46.1 Å². The summed E-state index contributed by atoms with van der Waals surface area (Å²) in [7, 11) is 0. The normalized spacial score (nSPS) is 21.8. The second-order valence-corrected chi connectivity index (χ2v) is 5.36. The molecule has 1 aromatic rings. The van der Waals surface area contributed by atoms with Crippen molar-refractivity contribution in [3.63, 3.8) is 0 Å². The highest BCUT2D eigenvalue weighted by atomic mass is 32.2. The van der Waals surface area contributed by atoms with Crippen LogP contribution in [0.25, 0.3) is 0 Å². The first kappa shape index (κ1) is 15.1. The molecule has 2 N–H and O–H groups in total. The second kappa shape index (κ2) is 6.90. The first-order valence-corrected chi connectivity index (χ1v) is 7.91. The summed E-state index contributed by atoms with van der Waals surface area (Å²) in [6.07, 6.45) is 5.54. The molecule has 6 nitrogen and oxygen atoms in total. The van der Waals surface area contributed by atoms with Crippen LogP contribution in [0.5, 0.6) is 0 Å². The fraction of sp³-hybridized carbons (Fsp3) is 0.615. The van der Waals surface area contributed by atoms with Crippen LogP contribution in [0, 0.1) is 0 Å². The smallest absolute Gasteiger partial charge is 0.343 e. The fourth-order valence-corrected chi connectivity index (χ4v) is 2.56. The van der Waals surface area contributed by atoms with Gasteiger partial charge in [0.25, 0.3) is 0 Å². The van der Waals surface area contributed by atoms with Crippen molar-refractivity contribution in [1.29, 1.82) is 0 Å². The zero-order valence-electron chi connectivity index (χ0n) is 11.6. The van der Waals surface area contributed by atoms with E-state index >= 15 is 0 Å². The van der Waals surface area contributed by atoms with Crippen molar-refractivity contribution in [3.05, 3.63) is 11.8 Å².